The van der Waals surface area contributed by atoms with Crippen molar-refractivity contribution in [1.29, 1.82) is 0 Å². The summed E-state index contributed by atoms with van der Waals surface area (Å²) in [6.07, 6.45) is 2.34. The Hall–Kier alpha value is -1.45. The van der Waals surface area contributed by atoms with E-state index in [-0.39, 0.29) is 17.5 Å². The number of ketones is 1. The summed E-state index contributed by atoms with van der Waals surface area (Å²) in [4.78, 5) is 11.1. The number of ether oxygens (including phenoxy) is 1. The maximum absolute atomic E-state index is 13.5. The van der Waals surface area contributed by atoms with E-state index in [4.69, 9.17) is 0 Å². The van der Waals surface area contributed by atoms with Crippen LogP contribution in [0, 0.1) is 11.6 Å². The highest BCUT2D eigenvalue weighted by atomic mass is 19.1. The lowest BCUT2D eigenvalue weighted by atomic mass is 9.83. The number of carbonyl (C=O) groups is 1. The first kappa shape index (κ1) is 12.0. The molecule has 17 heavy (non-hydrogen) atoms. The van der Waals surface area contributed by atoms with Crippen LogP contribution in [0.25, 0.3) is 0 Å². The van der Waals surface area contributed by atoms with Crippen LogP contribution >= 0.6 is 0 Å². The minimum atomic E-state index is -0.681. The zero-order valence-corrected chi connectivity index (χ0v) is 9.63. The van der Waals surface area contributed by atoms with Gasteiger partial charge >= 0.3 is 0 Å². The van der Waals surface area contributed by atoms with Crippen LogP contribution in [0.3, 0.4) is 0 Å². The average molecular weight is 240 g/mol. The van der Waals surface area contributed by atoms with Crippen LogP contribution in [0.15, 0.2) is 12.1 Å². The first-order valence-corrected chi connectivity index (χ1v) is 5.66. The van der Waals surface area contributed by atoms with Gasteiger partial charge in [-0.2, -0.15) is 0 Å². The number of halogens is 2. The van der Waals surface area contributed by atoms with Crippen molar-refractivity contribution in [3.05, 3.63) is 29.3 Å². The van der Waals surface area contributed by atoms with Crippen molar-refractivity contribution in [3.63, 3.8) is 0 Å². The molecular formula is C13H14F2O2. The maximum Gasteiger partial charge on any atom is 0.190 e. The van der Waals surface area contributed by atoms with Gasteiger partial charge in [-0.3, -0.25) is 4.79 Å². The van der Waals surface area contributed by atoms with Crippen LogP contribution in [-0.4, -0.2) is 12.9 Å². The highest BCUT2D eigenvalue weighted by Crippen LogP contribution is 2.34. The Balaban J connectivity index is 2.25. The molecule has 1 aromatic rings. The molecule has 0 bridgehead atoms. The van der Waals surface area contributed by atoms with Gasteiger partial charge in [-0.15, -0.1) is 0 Å². The Labute approximate surface area is 98.6 Å². The van der Waals surface area contributed by atoms with E-state index in [2.05, 4.69) is 4.74 Å². The van der Waals surface area contributed by atoms with Crippen molar-refractivity contribution in [1.82, 2.24) is 0 Å². The first-order valence-electron chi connectivity index (χ1n) is 5.66. The number of hydrogen-bond donors (Lipinski definition) is 0. The minimum absolute atomic E-state index is 0.0719. The molecule has 0 saturated heterocycles. The van der Waals surface area contributed by atoms with E-state index in [1.54, 1.807) is 0 Å². The summed E-state index contributed by atoms with van der Waals surface area (Å²) < 4.78 is 31.7. The summed E-state index contributed by atoms with van der Waals surface area (Å²) in [6.45, 7) is 0. The molecule has 0 N–H and O–H groups in total. The van der Waals surface area contributed by atoms with E-state index in [0.717, 1.165) is 0 Å². The lowest BCUT2D eigenvalue weighted by molar-refractivity contribution is -0.120. The molecule has 1 aliphatic carbocycles. The number of Topliss-reactive ketones (excluding diaryl/α,β-unsaturated/α-hetero) is 1. The van der Waals surface area contributed by atoms with Gasteiger partial charge in [0.05, 0.1) is 7.11 Å². The molecule has 2 rings (SSSR count). The summed E-state index contributed by atoms with van der Waals surface area (Å²) in [7, 11) is 1.24. The monoisotopic (exact) mass is 240 g/mol. The van der Waals surface area contributed by atoms with Crippen molar-refractivity contribution >= 4 is 5.78 Å². The number of hydrogen-bond acceptors (Lipinski definition) is 2. The van der Waals surface area contributed by atoms with Gasteiger partial charge in [0.25, 0.3) is 0 Å². The summed E-state index contributed by atoms with van der Waals surface area (Å²) in [5.74, 6) is -1.40. The largest absolute Gasteiger partial charge is 0.491 e. The molecule has 0 spiro atoms. The third-order valence-electron chi connectivity index (χ3n) is 3.24. The second-order valence-electron chi connectivity index (χ2n) is 4.33. The topological polar surface area (TPSA) is 26.3 Å². The Morgan fingerprint density at radius 3 is 2.18 bits per heavy atom. The van der Waals surface area contributed by atoms with Crippen LogP contribution in [0.4, 0.5) is 8.78 Å². The highest BCUT2D eigenvalue weighted by molar-refractivity contribution is 5.79. The maximum atomic E-state index is 13.5. The normalized spacial score (nSPS) is 17.2. The van der Waals surface area contributed by atoms with Crippen molar-refractivity contribution in [2.75, 3.05) is 7.11 Å². The lowest BCUT2D eigenvalue weighted by Gasteiger charge is -2.21. The smallest absolute Gasteiger partial charge is 0.190 e. The molecule has 92 valence electrons. The molecule has 1 fully saturated rings. The van der Waals surface area contributed by atoms with Gasteiger partial charge in [0.2, 0.25) is 0 Å². The average Bonchev–Trinajstić information content (AvgIpc) is 2.29. The molecule has 1 saturated carbocycles. The molecular weight excluding hydrogens is 226 g/mol. The third-order valence-corrected chi connectivity index (χ3v) is 3.24. The molecule has 4 heteroatoms. The summed E-state index contributed by atoms with van der Waals surface area (Å²) in [5.41, 5.74) is 0.619. The van der Waals surface area contributed by atoms with Gasteiger partial charge in [-0.1, -0.05) is 0 Å². The fraction of sp³-hybridized carbons (Fsp3) is 0.462. The number of methoxy groups -OCH3 is 1. The molecule has 0 atom stereocenters. The summed E-state index contributed by atoms with van der Waals surface area (Å²) in [5, 5.41) is 0. The Bertz CT molecular complexity index is 410. The van der Waals surface area contributed by atoms with E-state index < -0.39 is 11.6 Å². The first-order chi connectivity index (χ1) is 8.11. The van der Waals surface area contributed by atoms with Crippen LogP contribution in [0.1, 0.15) is 37.2 Å². The van der Waals surface area contributed by atoms with E-state index in [0.29, 0.717) is 31.2 Å². The second-order valence-corrected chi connectivity index (χ2v) is 4.33. The van der Waals surface area contributed by atoms with Gasteiger partial charge < -0.3 is 4.74 Å². The molecule has 0 amide bonds. The van der Waals surface area contributed by atoms with E-state index in [9.17, 15) is 13.6 Å². The highest BCUT2D eigenvalue weighted by Gasteiger charge is 2.22. The predicted molar refractivity (Wildman–Crippen MR) is 59.1 cm³/mol. The Morgan fingerprint density at radius 2 is 1.71 bits per heavy atom. The minimum Gasteiger partial charge on any atom is -0.491 e. The Morgan fingerprint density at radius 1 is 1.18 bits per heavy atom. The van der Waals surface area contributed by atoms with E-state index in [1.165, 1.54) is 19.2 Å². The molecule has 2 nitrogen and oxygen atoms in total. The summed E-state index contributed by atoms with van der Waals surface area (Å²) >= 11 is 0. The van der Waals surface area contributed by atoms with Gasteiger partial charge in [0.15, 0.2) is 17.4 Å². The van der Waals surface area contributed by atoms with Gasteiger partial charge in [-0.05, 0) is 36.5 Å². The van der Waals surface area contributed by atoms with Crippen LogP contribution in [0.5, 0.6) is 5.75 Å². The fourth-order valence-electron chi connectivity index (χ4n) is 2.28. The van der Waals surface area contributed by atoms with Crippen molar-refractivity contribution in [2.45, 2.75) is 31.6 Å². The van der Waals surface area contributed by atoms with Crippen molar-refractivity contribution in [2.24, 2.45) is 0 Å². The van der Waals surface area contributed by atoms with Crippen LogP contribution in [0.2, 0.25) is 0 Å². The number of carbonyl (C=O) groups excluding carboxylic acids is 1. The Kier molecular flexibility index (Phi) is 3.41. The van der Waals surface area contributed by atoms with Gasteiger partial charge in [-0.25, -0.2) is 8.78 Å². The summed E-state index contributed by atoms with van der Waals surface area (Å²) in [6, 6.07) is 2.62. The molecule has 0 unspecified atom stereocenters. The number of rotatable bonds is 2. The zero-order valence-electron chi connectivity index (χ0n) is 9.63. The van der Waals surface area contributed by atoms with Crippen molar-refractivity contribution in [3.8, 4) is 5.75 Å². The SMILES string of the molecule is COc1c(F)cc(C2CCC(=O)CC2)cc1F. The van der Waals surface area contributed by atoms with Gasteiger partial charge in [0, 0.05) is 12.8 Å². The standard InChI is InChI=1S/C13H14F2O2/c1-17-13-11(14)6-9(7-12(13)15)8-2-4-10(16)5-3-8/h6-8H,2-5H2,1H3. The quantitative estimate of drug-likeness (QED) is 0.793. The molecule has 0 heterocycles. The zero-order chi connectivity index (χ0) is 12.4. The second kappa shape index (κ2) is 4.82. The van der Waals surface area contributed by atoms with Gasteiger partial charge in [0.1, 0.15) is 5.78 Å². The molecule has 1 aromatic carbocycles. The molecule has 0 aliphatic heterocycles. The van der Waals surface area contributed by atoms with E-state index >= 15 is 0 Å². The van der Waals surface area contributed by atoms with Crippen LogP contribution in [-0.2, 0) is 4.79 Å². The lowest BCUT2D eigenvalue weighted by Crippen LogP contribution is -2.13. The predicted octanol–water partition coefficient (Wildman–Crippen LogP) is 3.20. The molecule has 1 aliphatic rings. The van der Waals surface area contributed by atoms with E-state index in [1.807, 2.05) is 0 Å². The number of benzene rings is 1. The third kappa shape index (κ3) is 2.46. The molecule has 0 aromatic heterocycles. The van der Waals surface area contributed by atoms with Crippen molar-refractivity contribution < 1.29 is 18.3 Å². The van der Waals surface area contributed by atoms with Crippen LogP contribution < -0.4 is 4.74 Å². The molecule has 0 radical (unpaired) electrons. The fourth-order valence-corrected chi connectivity index (χ4v) is 2.28.